The molecule has 7 heteroatoms. The molecule has 0 bridgehead atoms. The van der Waals surface area contributed by atoms with Crippen molar-refractivity contribution >= 4 is 22.7 Å². The van der Waals surface area contributed by atoms with Gasteiger partial charge in [0.2, 0.25) is 0 Å². The fourth-order valence-electron chi connectivity index (χ4n) is 2.45. The van der Waals surface area contributed by atoms with Crippen LogP contribution < -0.4 is 10.9 Å². The molecule has 2 N–H and O–H groups in total. The van der Waals surface area contributed by atoms with Crippen molar-refractivity contribution < 1.29 is 14.6 Å². The van der Waals surface area contributed by atoms with Crippen LogP contribution in [0.2, 0.25) is 0 Å². The van der Waals surface area contributed by atoms with E-state index in [1.165, 1.54) is 23.0 Å². The van der Waals surface area contributed by atoms with Gasteiger partial charge in [-0.15, -0.1) is 0 Å². The second-order valence-corrected chi connectivity index (χ2v) is 6.80. The first-order chi connectivity index (χ1) is 12.2. The Hall–Kier alpha value is -3.35. The van der Waals surface area contributed by atoms with E-state index in [0.29, 0.717) is 22.3 Å². The van der Waals surface area contributed by atoms with Crippen molar-refractivity contribution in [2.75, 3.05) is 5.32 Å². The van der Waals surface area contributed by atoms with Crippen LogP contribution >= 0.6 is 0 Å². The van der Waals surface area contributed by atoms with Crippen molar-refractivity contribution in [2.45, 2.75) is 26.4 Å². The molecule has 0 atom stereocenters. The van der Waals surface area contributed by atoms with Crippen molar-refractivity contribution in [1.29, 1.82) is 0 Å². The maximum absolute atomic E-state index is 12.8. The Morgan fingerprint density at radius 1 is 1.19 bits per heavy atom. The van der Waals surface area contributed by atoms with E-state index in [1.807, 2.05) is 0 Å². The number of aromatic nitrogens is 2. The monoisotopic (exact) mass is 353 g/mol. The molecular weight excluding hydrogens is 334 g/mol. The van der Waals surface area contributed by atoms with Gasteiger partial charge in [-0.05, 0) is 51.1 Å². The number of phenolic OH excluding ortho intramolecular Hbond substituents is 1. The van der Waals surface area contributed by atoms with Gasteiger partial charge in [0, 0.05) is 11.8 Å². The highest BCUT2D eigenvalue weighted by Crippen LogP contribution is 2.18. The van der Waals surface area contributed by atoms with Crippen LogP contribution in [-0.2, 0) is 4.74 Å². The molecule has 0 aliphatic heterocycles. The number of anilines is 1. The van der Waals surface area contributed by atoms with Crippen molar-refractivity contribution in [2.24, 2.45) is 0 Å². The zero-order chi connectivity index (χ0) is 18.9. The van der Waals surface area contributed by atoms with E-state index in [4.69, 9.17) is 4.74 Å². The first kappa shape index (κ1) is 17.5. The second kappa shape index (κ2) is 6.51. The van der Waals surface area contributed by atoms with Gasteiger partial charge in [-0.3, -0.25) is 14.7 Å². The summed E-state index contributed by atoms with van der Waals surface area (Å²) < 4.78 is 6.55. The van der Waals surface area contributed by atoms with Crippen LogP contribution in [-0.4, -0.2) is 26.4 Å². The molecule has 7 nitrogen and oxygen atoms in total. The van der Waals surface area contributed by atoms with Crippen LogP contribution in [0.15, 0.2) is 53.6 Å². The minimum atomic E-state index is -0.621. The number of nitrogens with one attached hydrogen (secondary N) is 1. The highest BCUT2D eigenvalue weighted by Gasteiger charge is 2.16. The van der Waals surface area contributed by atoms with E-state index in [9.17, 15) is 14.7 Å². The number of ether oxygens (including phenoxy) is 1. The molecule has 0 saturated carbocycles. The van der Waals surface area contributed by atoms with E-state index >= 15 is 0 Å². The lowest BCUT2D eigenvalue weighted by atomic mass is 10.2. The quantitative estimate of drug-likeness (QED) is 0.736. The summed E-state index contributed by atoms with van der Waals surface area (Å²) in [7, 11) is 0. The lowest BCUT2D eigenvalue weighted by Gasteiger charge is -2.19. The number of hydrogen-bond donors (Lipinski definition) is 2. The van der Waals surface area contributed by atoms with Gasteiger partial charge in [0.15, 0.2) is 0 Å². The Bertz CT molecular complexity index is 1030. The number of fused-ring (bicyclic) bond motifs is 1. The van der Waals surface area contributed by atoms with Gasteiger partial charge in [-0.25, -0.2) is 9.78 Å². The Kier molecular flexibility index (Phi) is 4.38. The third-order valence-corrected chi connectivity index (χ3v) is 3.51. The van der Waals surface area contributed by atoms with Crippen LogP contribution in [0.1, 0.15) is 20.8 Å². The predicted octanol–water partition coefficient (Wildman–Crippen LogP) is 3.44. The van der Waals surface area contributed by atoms with Crippen LogP contribution in [0.5, 0.6) is 5.75 Å². The molecule has 0 spiro atoms. The summed E-state index contributed by atoms with van der Waals surface area (Å²) in [5.41, 5.74) is 0.494. The fraction of sp³-hybridized carbons (Fsp3) is 0.211. The Labute approximate surface area is 149 Å². The first-order valence-electron chi connectivity index (χ1n) is 8.04. The maximum Gasteiger partial charge on any atom is 0.412 e. The predicted molar refractivity (Wildman–Crippen MR) is 98.9 cm³/mol. The van der Waals surface area contributed by atoms with Gasteiger partial charge in [0.25, 0.3) is 5.56 Å². The smallest absolute Gasteiger partial charge is 0.412 e. The molecule has 1 aromatic heterocycles. The van der Waals surface area contributed by atoms with Gasteiger partial charge >= 0.3 is 6.09 Å². The number of phenols is 1. The fourth-order valence-corrected chi connectivity index (χ4v) is 2.45. The Balaban J connectivity index is 1.99. The van der Waals surface area contributed by atoms with Crippen molar-refractivity contribution in [3.8, 4) is 11.4 Å². The number of nitrogens with zero attached hydrogens (tertiary/aromatic N) is 2. The zero-order valence-corrected chi connectivity index (χ0v) is 14.7. The minimum absolute atomic E-state index is 0.0508. The normalized spacial score (nSPS) is 11.3. The van der Waals surface area contributed by atoms with Crippen molar-refractivity contribution in [1.82, 2.24) is 9.55 Å². The largest absolute Gasteiger partial charge is 0.508 e. The molecule has 1 amide bonds. The maximum atomic E-state index is 12.8. The minimum Gasteiger partial charge on any atom is -0.508 e. The molecule has 0 unspecified atom stereocenters. The van der Waals surface area contributed by atoms with E-state index < -0.39 is 11.7 Å². The average molecular weight is 353 g/mol. The summed E-state index contributed by atoms with van der Waals surface area (Å²) >= 11 is 0. The first-order valence-corrected chi connectivity index (χ1v) is 8.04. The summed E-state index contributed by atoms with van der Waals surface area (Å²) in [6.07, 6.45) is 0.800. The molecule has 134 valence electrons. The lowest BCUT2D eigenvalue weighted by Crippen LogP contribution is -2.27. The summed E-state index contributed by atoms with van der Waals surface area (Å²) in [6.45, 7) is 5.31. The highest BCUT2D eigenvalue weighted by atomic mass is 16.6. The standard InChI is InChI=1S/C19H19N3O4/c1-19(2,3)26-18(25)21-12-7-8-16-15(9-12)17(24)22(11-20-16)13-5-4-6-14(23)10-13/h4-11,23H,1-3H3,(H,21,25). The van der Waals surface area contributed by atoms with Crippen LogP contribution in [0.3, 0.4) is 0 Å². The SMILES string of the molecule is CC(C)(C)OC(=O)Nc1ccc2ncn(-c3cccc(O)c3)c(=O)c2c1. The average Bonchev–Trinajstić information content (AvgIpc) is 2.54. The van der Waals surface area contributed by atoms with Gasteiger partial charge in [0.1, 0.15) is 17.7 Å². The molecule has 0 aliphatic carbocycles. The summed E-state index contributed by atoms with van der Waals surface area (Å²) in [5, 5.41) is 12.6. The molecule has 1 heterocycles. The summed E-state index contributed by atoms with van der Waals surface area (Å²) in [5.74, 6) is 0.0508. The Morgan fingerprint density at radius 2 is 1.96 bits per heavy atom. The number of aromatic hydroxyl groups is 1. The number of amides is 1. The Morgan fingerprint density at radius 3 is 2.65 bits per heavy atom. The van der Waals surface area contributed by atoms with Gasteiger partial charge < -0.3 is 9.84 Å². The molecule has 2 aromatic carbocycles. The van der Waals surface area contributed by atoms with Crippen LogP contribution in [0.4, 0.5) is 10.5 Å². The number of carbonyl (C=O) groups is 1. The van der Waals surface area contributed by atoms with E-state index in [0.717, 1.165) is 0 Å². The second-order valence-electron chi connectivity index (χ2n) is 6.80. The van der Waals surface area contributed by atoms with Crippen molar-refractivity contribution in [3.05, 3.63) is 59.1 Å². The van der Waals surface area contributed by atoms with E-state index in [-0.39, 0.29) is 11.3 Å². The molecule has 3 aromatic rings. The lowest BCUT2D eigenvalue weighted by molar-refractivity contribution is 0.0636. The summed E-state index contributed by atoms with van der Waals surface area (Å²) in [4.78, 5) is 29.0. The van der Waals surface area contributed by atoms with Crippen LogP contribution in [0.25, 0.3) is 16.6 Å². The van der Waals surface area contributed by atoms with Gasteiger partial charge in [-0.1, -0.05) is 6.07 Å². The molecule has 3 rings (SSSR count). The molecule has 26 heavy (non-hydrogen) atoms. The molecule has 0 fully saturated rings. The van der Waals surface area contributed by atoms with Crippen molar-refractivity contribution in [3.63, 3.8) is 0 Å². The third-order valence-electron chi connectivity index (χ3n) is 3.51. The van der Waals surface area contributed by atoms with E-state index in [1.54, 1.807) is 51.1 Å². The summed E-state index contributed by atoms with van der Waals surface area (Å²) in [6, 6.07) is 11.2. The van der Waals surface area contributed by atoms with E-state index in [2.05, 4.69) is 10.3 Å². The molecular formula is C19H19N3O4. The third kappa shape index (κ3) is 3.83. The van der Waals surface area contributed by atoms with Crippen LogP contribution in [0, 0.1) is 0 Å². The molecule has 0 radical (unpaired) electrons. The molecule has 0 aliphatic rings. The number of benzene rings is 2. The number of hydrogen-bond acceptors (Lipinski definition) is 5. The highest BCUT2D eigenvalue weighted by molar-refractivity contribution is 5.89. The topological polar surface area (TPSA) is 93.4 Å². The zero-order valence-electron chi connectivity index (χ0n) is 14.7. The number of carbonyl (C=O) groups excluding carboxylic acids is 1. The van der Waals surface area contributed by atoms with Gasteiger partial charge in [-0.2, -0.15) is 0 Å². The molecule has 0 saturated heterocycles. The number of rotatable bonds is 2. The van der Waals surface area contributed by atoms with Gasteiger partial charge in [0.05, 0.1) is 16.6 Å².